The fraction of sp³-hybridized carbons (Fsp3) is 0.857. The predicted octanol–water partition coefficient (Wildman–Crippen LogP) is 1.24. The minimum Gasteiger partial charge on any atom is -0.453 e. The molecule has 0 bridgehead atoms. The number of nitrogens with one attached hydrogen (secondary N) is 1. The van der Waals surface area contributed by atoms with Crippen molar-refractivity contribution in [2.75, 3.05) is 18.6 Å². The highest BCUT2D eigenvalue weighted by Crippen LogP contribution is 2.16. The second kappa shape index (κ2) is 4.49. The molecule has 1 heterocycles. The number of carbonyl (C=O) groups is 1. The van der Waals surface area contributed by atoms with Crippen LogP contribution in [-0.2, 0) is 4.74 Å². The SMILES string of the molecule is COC(=O)NC1CCSCC1. The molecule has 0 radical (unpaired) electrons. The van der Waals surface area contributed by atoms with Crippen molar-refractivity contribution in [1.82, 2.24) is 5.32 Å². The van der Waals surface area contributed by atoms with Crippen LogP contribution in [0.1, 0.15) is 12.8 Å². The Hall–Kier alpha value is -0.380. The second-order valence-electron chi connectivity index (χ2n) is 2.52. The van der Waals surface area contributed by atoms with Gasteiger partial charge in [-0.05, 0) is 24.3 Å². The highest BCUT2D eigenvalue weighted by Gasteiger charge is 2.15. The van der Waals surface area contributed by atoms with Crippen LogP contribution in [0, 0.1) is 0 Å². The quantitative estimate of drug-likeness (QED) is 0.651. The number of hydrogen-bond donors (Lipinski definition) is 1. The molecule has 1 rings (SSSR count). The summed E-state index contributed by atoms with van der Waals surface area (Å²) in [5, 5.41) is 2.79. The summed E-state index contributed by atoms with van der Waals surface area (Å²) in [7, 11) is 1.40. The molecular weight excluding hydrogens is 162 g/mol. The molecule has 0 spiro atoms. The minimum absolute atomic E-state index is 0.304. The van der Waals surface area contributed by atoms with E-state index in [0.717, 1.165) is 24.3 Å². The number of carbonyl (C=O) groups excluding carboxylic acids is 1. The number of ether oxygens (including phenoxy) is 1. The zero-order valence-electron chi connectivity index (χ0n) is 6.63. The smallest absolute Gasteiger partial charge is 0.407 e. The first kappa shape index (κ1) is 8.71. The molecule has 0 aromatic rings. The topological polar surface area (TPSA) is 38.3 Å². The van der Waals surface area contributed by atoms with E-state index < -0.39 is 0 Å². The van der Waals surface area contributed by atoms with Gasteiger partial charge >= 0.3 is 6.09 Å². The van der Waals surface area contributed by atoms with E-state index in [4.69, 9.17) is 0 Å². The van der Waals surface area contributed by atoms with Crippen LogP contribution in [0.4, 0.5) is 4.79 Å². The molecule has 1 aliphatic heterocycles. The van der Waals surface area contributed by atoms with Crippen LogP contribution >= 0.6 is 11.8 Å². The van der Waals surface area contributed by atoms with E-state index in [2.05, 4.69) is 10.1 Å². The molecule has 1 aliphatic rings. The maximum atomic E-state index is 10.7. The number of hydrogen-bond acceptors (Lipinski definition) is 3. The Balaban J connectivity index is 2.19. The maximum Gasteiger partial charge on any atom is 0.407 e. The largest absolute Gasteiger partial charge is 0.453 e. The van der Waals surface area contributed by atoms with Gasteiger partial charge in [0.15, 0.2) is 0 Å². The fourth-order valence-corrected chi connectivity index (χ4v) is 2.17. The molecule has 0 aromatic heterocycles. The Morgan fingerprint density at radius 1 is 1.55 bits per heavy atom. The molecule has 0 aliphatic carbocycles. The first-order valence-corrected chi connectivity index (χ1v) is 4.90. The van der Waals surface area contributed by atoms with E-state index in [1.807, 2.05) is 11.8 Å². The zero-order valence-corrected chi connectivity index (χ0v) is 7.45. The third-order valence-electron chi connectivity index (χ3n) is 1.73. The van der Waals surface area contributed by atoms with Gasteiger partial charge in [-0.3, -0.25) is 0 Å². The Morgan fingerprint density at radius 2 is 2.18 bits per heavy atom. The highest BCUT2D eigenvalue weighted by atomic mass is 32.2. The summed E-state index contributed by atoms with van der Waals surface area (Å²) < 4.78 is 4.50. The molecular formula is C7H13NO2S. The summed E-state index contributed by atoms with van der Waals surface area (Å²) in [4.78, 5) is 10.7. The average Bonchev–Trinajstić information content (AvgIpc) is 2.06. The van der Waals surface area contributed by atoms with Gasteiger partial charge < -0.3 is 10.1 Å². The van der Waals surface area contributed by atoms with Gasteiger partial charge in [-0.25, -0.2) is 4.79 Å². The molecule has 64 valence electrons. The number of rotatable bonds is 1. The predicted molar refractivity (Wildman–Crippen MR) is 45.9 cm³/mol. The van der Waals surface area contributed by atoms with Crippen LogP contribution in [0.3, 0.4) is 0 Å². The van der Waals surface area contributed by atoms with Crippen LogP contribution in [-0.4, -0.2) is 30.8 Å². The van der Waals surface area contributed by atoms with E-state index >= 15 is 0 Å². The standard InChI is InChI=1S/C7H13NO2S/c1-10-7(9)8-6-2-4-11-5-3-6/h6H,2-5H2,1H3,(H,8,9). The van der Waals surface area contributed by atoms with Crippen molar-refractivity contribution in [2.24, 2.45) is 0 Å². The lowest BCUT2D eigenvalue weighted by Gasteiger charge is -2.21. The lowest BCUT2D eigenvalue weighted by atomic mass is 10.2. The molecule has 1 saturated heterocycles. The van der Waals surface area contributed by atoms with E-state index in [-0.39, 0.29) is 6.09 Å². The van der Waals surface area contributed by atoms with Crippen molar-refractivity contribution in [3.8, 4) is 0 Å². The molecule has 1 fully saturated rings. The third-order valence-corrected chi connectivity index (χ3v) is 2.78. The maximum absolute atomic E-state index is 10.7. The number of amides is 1. The lowest BCUT2D eigenvalue weighted by Crippen LogP contribution is -2.37. The van der Waals surface area contributed by atoms with Gasteiger partial charge in [-0.2, -0.15) is 11.8 Å². The van der Waals surface area contributed by atoms with Crippen LogP contribution in [0.5, 0.6) is 0 Å². The van der Waals surface area contributed by atoms with Gasteiger partial charge in [0, 0.05) is 6.04 Å². The Labute approximate surface area is 70.9 Å². The fourth-order valence-electron chi connectivity index (χ4n) is 1.07. The van der Waals surface area contributed by atoms with E-state index in [0.29, 0.717) is 6.04 Å². The van der Waals surface area contributed by atoms with E-state index in [1.165, 1.54) is 7.11 Å². The van der Waals surface area contributed by atoms with Crippen LogP contribution in [0.2, 0.25) is 0 Å². The van der Waals surface area contributed by atoms with Crippen molar-refractivity contribution in [2.45, 2.75) is 18.9 Å². The van der Waals surface area contributed by atoms with E-state index in [9.17, 15) is 4.79 Å². The van der Waals surface area contributed by atoms with Gasteiger partial charge in [0.05, 0.1) is 7.11 Å². The van der Waals surface area contributed by atoms with Crippen LogP contribution in [0.25, 0.3) is 0 Å². The van der Waals surface area contributed by atoms with Crippen LogP contribution in [0.15, 0.2) is 0 Å². The molecule has 11 heavy (non-hydrogen) atoms. The number of methoxy groups -OCH3 is 1. The Bertz CT molecular complexity index is 134. The molecule has 3 nitrogen and oxygen atoms in total. The normalized spacial score (nSPS) is 19.4. The number of thioether (sulfide) groups is 1. The highest BCUT2D eigenvalue weighted by molar-refractivity contribution is 7.99. The van der Waals surface area contributed by atoms with Gasteiger partial charge in [-0.15, -0.1) is 0 Å². The summed E-state index contributed by atoms with van der Waals surface area (Å²) in [6.07, 6.45) is 1.83. The Morgan fingerprint density at radius 3 is 2.73 bits per heavy atom. The molecule has 0 aromatic carbocycles. The summed E-state index contributed by atoms with van der Waals surface area (Å²) in [6, 6.07) is 0.337. The second-order valence-corrected chi connectivity index (χ2v) is 3.75. The van der Waals surface area contributed by atoms with Crippen molar-refractivity contribution in [1.29, 1.82) is 0 Å². The third kappa shape index (κ3) is 3.01. The van der Waals surface area contributed by atoms with Crippen molar-refractivity contribution in [3.05, 3.63) is 0 Å². The first-order valence-electron chi connectivity index (χ1n) is 3.75. The number of alkyl carbamates (subject to hydrolysis) is 1. The van der Waals surface area contributed by atoms with Gasteiger partial charge in [0.1, 0.15) is 0 Å². The monoisotopic (exact) mass is 175 g/mol. The molecule has 4 heteroatoms. The molecule has 0 saturated carbocycles. The van der Waals surface area contributed by atoms with Gasteiger partial charge in [0.25, 0.3) is 0 Å². The van der Waals surface area contributed by atoms with Crippen LogP contribution < -0.4 is 5.32 Å². The van der Waals surface area contributed by atoms with Crippen molar-refractivity contribution in [3.63, 3.8) is 0 Å². The summed E-state index contributed by atoms with van der Waals surface area (Å²) in [5.41, 5.74) is 0. The lowest BCUT2D eigenvalue weighted by molar-refractivity contribution is 0.166. The summed E-state index contributed by atoms with van der Waals surface area (Å²) in [5.74, 6) is 2.29. The minimum atomic E-state index is -0.304. The summed E-state index contributed by atoms with van der Waals surface area (Å²) >= 11 is 1.94. The first-order chi connectivity index (χ1) is 5.33. The van der Waals surface area contributed by atoms with Crippen molar-refractivity contribution < 1.29 is 9.53 Å². The average molecular weight is 175 g/mol. The summed E-state index contributed by atoms with van der Waals surface area (Å²) in [6.45, 7) is 0. The molecule has 0 unspecified atom stereocenters. The van der Waals surface area contributed by atoms with Gasteiger partial charge in [0.2, 0.25) is 0 Å². The van der Waals surface area contributed by atoms with E-state index in [1.54, 1.807) is 0 Å². The van der Waals surface area contributed by atoms with Crippen molar-refractivity contribution >= 4 is 17.9 Å². The Kier molecular flexibility index (Phi) is 3.56. The molecule has 0 atom stereocenters. The zero-order chi connectivity index (χ0) is 8.10. The molecule has 1 amide bonds. The van der Waals surface area contributed by atoms with Gasteiger partial charge in [-0.1, -0.05) is 0 Å². The molecule has 1 N–H and O–H groups in total.